The third-order valence-corrected chi connectivity index (χ3v) is 8.38. The summed E-state index contributed by atoms with van der Waals surface area (Å²) in [4.78, 5) is 24.2. The van der Waals surface area contributed by atoms with Crippen molar-refractivity contribution >= 4 is 11.9 Å². The Balaban J connectivity index is 3.63. The number of rotatable bonds is 35. The van der Waals surface area contributed by atoms with Gasteiger partial charge in [-0.1, -0.05) is 165 Å². The van der Waals surface area contributed by atoms with Crippen molar-refractivity contribution in [3.8, 4) is 0 Å². The molecule has 0 rings (SSSR count). The Hall–Kier alpha value is -2.14. The van der Waals surface area contributed by atoms with Gasteiger partial charge in [-0.2, -0.15) is 0 Å². The van der Waals surface area contributed by atoms with Crippen molar-refractivity contribution in [2.45, 2.75) is 193 Å². The van der Waals surface area contributed by atoms with E-state index in [0.717, 1.165) is 64.2 Å². The van der Waals surface area contributed by atoms with Crippen LogP contribution in [0.3, 0.4) is 0 Å². The molecule has 0 heterocycles. The van der Waals surface area contributed by atoms with Crippen molar-refractivity contribution in [2.75, 3.05) is 13.2 Å². The first-order valence-electron chi connectivity index (χ1n) is 19.7. The van der Waals surface area contributed by atoms with Gasteiger partial charge >= 0.3 is 11.9 Å². The Morgan fingerprint density at radius 2 is 0.851 bits per heavy atom. The van der Waals surface area contributed by atoms with Crippen molar-refractivity contribution in [1.29, 1.82) is 0 Å². The zero-order valence-electron chi connectivity index (χ0n) is 30.8. The molecule has 0 bridgehead atoms. The normalized spacial score (nSPS) is 12.7. The van der Waals surface area contributed by atoms with Crippen LogP contribution in [0.2, 0.25) is 0 Å². The van der Waals surface area contributed by atoms with Crippen LogP contribution >= 0.6 is 0 Å². The summed E-state index contributed by atoms with van der Waals surface area (Å²) in [6.07, 6.45) is 47.4. The number of unbranched alkanes of at least 4 members (excludes halogenated alkanes) is 19. The van der Waals surface area contributed by atoms with E-state index in [1.165, 1.54) is 96.3 Å². The molecule has 0 unspecified atom stereocenters. The SMILES string of the molecule is CCCCC/C=C/C/C=C/C/C=C/C/C=C/CCCCCC(=O)OC[C@H](CO)OC(=O)CCCCCCCCCCCCCCCC. The van der Waals surface area contributed by atoms with E-state index < -0.39 is 6.10 Å². The van der Waals surface area contributed by atoms with Crippen LogP contribution in [0, 0.1) is 0 Å². The number of carbonyl (C=O) groups is 2. The molecule has 0 saturated heterocycles. The van der Waals surface area contributed by atoms with Gasteiger partial charge in [0.15, 0.2) is 6.10 Å². The van der Waals surface area contributed by atoms with Crippen LogP contribution in [0.5, 0.6) is 0 Å². The minimum absolute atomic E-state index is 0.0813. The quantitative estimate of drug-likeness (QED) is 0.0417. The molecule has 0 aromatic heterocycles. The van der Waals surface area contributed by atoms with Gasteiger partial charge in [0.25, 0.3) is 0 Å². The molecule has 1 N–H and O–H groups in total. The third-order valence-electron chi connectivity index (χ3n) is 8.38. The van der Waals surface area contributed by atoms with Gasteiger partial charge in [0, 0.05) is 12.8 Å². The molecule has 0 aromatic rings. The van der Waals surface area contributed by atoms with Crippen LogP contribution in [-0.4, -0.2) is 36.4 Å². The first-order chi connectivity index (χ1) is 23.1. The Labute approximate surface area is 290 Å². The van der Waals surface area contributed by atoms with Crippen LogP contribution in [0.15, 0.2) is 48.6 Å². The van der Waals surface area contributed by atoms with E-state index in [-0.39, 0.29) is 25.2 Å². The Kier molecular flexibility index (Phi) is 36.6. The largest absolute Gasteiger partial charge is 0.462 e. The first-order valence-corrected chi connectivity index (χ1v) is 19.7. The molecule has 0 fully saturated rings. The molecule has 0 aromatic carbocycles. The van der Waals surface area contributed by atoms with Crippen LogP contribution in [0.25, 0.3) is 0 Å². The summed E-state index contributed by atoms with van der Waals surface area (Å²) in [6.45, 7) is 4.08. The lowest BCUT2D eigenvalue weighted by Crippen LogP contribution is -2.28. The fourth-order valence-electron chi connectivity index (χ4n) is 5.36. The van der Waals surface area contributed by atoms with Gasteiger partial charge in [-0.15, -0.1) is 0 Å². The molecule has 0 saturated carbocycles. The molecule has 0 amide bonds. The number of ether oxygens (including phenoxy) is 2. The average Bonchev–Trinajstić information content (AvgIpc) is 3.07. The van der Waals surface area contributed by atoms with Gasteiger partial charge in [0.2, 0.25) is 0 Å². The van der Waals surface area contributed by atoms with Crippen molar-refractivity contribution < 1.29 is 24.2 Å². The lowest BCUT2D eigenvalue weighted by atomic mass is 10.0. The molecule has 1 atom stereocenters. The minimum atomic E-state index is -0.782. The highest BCUT2D eigenvalue weighted by Crippen LogP contribution is 2.14. The molecule has 0 aliphatic carbocycles. The second-order valence-electron chi connectivity index (χ2n) is 13.0. The lowest BCUT2D eigenvalue weighted by Gasteiger charge is -2.15. The van der Waals surface area contributed by atoms with E-state index in [2.05, 4.69) is 62.5 Å². The van der Waals surface area contributed by atoms with E-state index in [4.69, 9.17) is 9.47 Å². The molecule has 0 radical (unpaired) electrons. The fraction of sp³-hybridized carbons (Fsp3) is 0.762. The molecular weight excluding hydrogens is 584 g/mol. The Morgan fingerprint density at radius 1 is 0.489 bits per heavy atom. The second kappa shape index (κ2) is 38.3. The highest BCUT2D eigenvalue weighted by Gasteiger charge is 2.16. The van der Waals surface area contributed by atoms with Crippen molar-refractivity contribution in [1.82, 2.24) is 0 Å². The summed E-state index contributed by atoms with van der Waals surface area (Å²) < 4.78 is 10.6. The zero-order valence-corrected chi connectivity index (χ0v) is 30.8. The summed E-state index contributed by atoms with van der Waals surface area (Å²) in [7, 11) is 0. The third kappa shape index (κ3) is 36.5. The maximum Gasteiger partial charge on any atom is 0.306 e. The van der Waals surface area contributed by atoms with E-state index in [9.17, 15) is 14.7 Å². The van der Waals surface area contributed by atoms with E-state index >= 15 is 0 Å². The zero-order chi connectivity index (χ0) is 34.3. The lowest BCUT2D eigenvalue weighted by molar-refractivity contribution is -0.161. The van der Waals surface area contributed by atoms with Gasteiger partial charge in [0.1, 0.15) is 6.61 Å². The maximum absolute atomic E-state index is 12.1. The van der Waals surface area contributed by atoms with Gasteiger partial charge in [0.05, 0.1) is 6.61 Å². The van der Waals surface area contributed by atoms with Gasteiger partial charge in [-0.3, -0.25) is 9.59 Å². The van der Waals surface area contributed by atoms with Crippen molar-refractivity contribution in [3.63, 3.8) is 0 Å². The fourth-order valence-corrected chi connectivity index (χ4v) is 5.36. The predicted molar refractivity (Wildman–Crippen MR) is 200 cm³/mol. The number of allylic oxidation sites excluding steroid dienone is 8. The highest BCUT2D eigenvalue weighted by atomic mass is 16.6. The molecule has 0 aliphatic rings. The summed E-state index contributed by atoms with van der Waals surface area (Å²) in [5.74, 6) is -0.625. The molecule has 5 heteroatoms. The summed E-state index contributed by atoms with van der Waals surface area (Å²) in [6, 6.07) is 0. The predicted octanol–water partition coefficient (Wildman–Crippen LogP) is 12.2. The van der Waals surface area contributed by atoms with Crippen molar-refractivity contribution in [2.24, 2.45) is 0 Å². The molecule has 5 nitrogen and oxygen atoms in total. The average molecular weight is 659 g/mol. The summed E-state index contributed by atoms with van der Waals surface area (Å²) >= 11 is 0. The molecule has 47 heavy (non-hydrogen) atoms. The van der Waals surface area contributed by atoms with E-state index in [0.29, 0.717) is 12.8 Å². The van der Waals surface area contributed by atoms with E-state index in [1.807, 2.05) is 0 Å². The minimum Gasteiger partial charge on any atom is -0.462 e. The maximum atomic E-state index is 12.1. The monoisotopic (exact) mass is 659 g/mol. The number of carbonyl (C=O) groups excluding carboxylic acids is 2. The van der Waals surface area contributed by atoms with Crippen LogP contribution in [0.4, 0.5) is 0 Å². The molecule has 0 aliphatic heterocycles. The van der Waals surface area contributed by atoms with Crippen molar-refractivity contribution in [3.05, 3.63) is 48.6 Å². The number of hydrogen-bond donors (Lipinski definition) is 1. The number of esters is 2. The van der Waals surface area contributed by atoms with Gasteiger partial charge in [-0.25, -0.2) is 0 Å². The van der Waals surface area contributed by atoms with Gasteiger partial charge < -0.3 is 14.6 Å². The highest BCUT2D eigenvalue weighted by molar-refractivity contribution is 5.70. The Morgan fingerprint density at radius 3 is 1.32 bits per heavy atom. The standard InChI is InChI=1S/C42H74O5/c1-3-5-7-9-11-13-15-17-19-20-21-22-23-25-26-28-30-32-34-36-41(44)46-39-40(38-43)47-42(45)37-35-33-31-29-27-24-18-16-14-12-10-8-6-4-2/h11,13,17,19,21-22,25-26,40,43H,3-10,12,14-16,18,20,23-24,27-39H2,1-2H3/b13-11+,19-17+,22-21+,26-25+/t40-/m0/s1. The number of aliphatic hydroxyl groups excluding tert-OH is 1. The summed E-state index contributed by atoms with van der Waals surface area (Å²) in [5, 5.41) is 9.54. The van der Waals surface area contributed by atoms with Crippen LogP contribution in [-0.2, 0) is 19.1 Å². The molecule has 272 valence electrons. The van der Waals surface area contributed by atoms with Crippen LogP contribution in [0.1, 0.15) is 187 Å². The number of aliphatic hydroxyl groups is 1. The molecule has 0 spiro atoms. The topological polar surface area (TPSA) is 72.8 Å². The Bertz CT molecular complexity index is 797. The van der Waals surface area contributed by atoms with Crippen LogP contribution < -0.4 is 0 Å². The number of hydrogen-bond acceptors (Lipinski definition) is 5. The van der Waals surface area contributed by atoms with Gasteiger partial charge in [-0.05, 0) is 57.8 Å². The summed E-state index contributed by atoms with van der Waals surface area (Å²) in [5.41, 5.74) is 0. The smallest absolute Gasteiger partial charge is 0.306 e. The molecular formula is C42H74O5. The van der Waals surface area contributed by atoms with E-state index in [1.54, 1.807) is 0 Å². The first kappa shape index (κ1) is 44.9. The second-order valence-corrected chi connectivity index (χ2v) is 13.0.